The molecular weight excluding hydrogens is 240 g/mol. The average Bonchev–Trinajstić information content (AvgIpc) is 2.80. The van der Waals surface area contributed by atoms with Crippen molar-refractivity contribution in [1.82, 2.24) is 15.5 Å². The van der Waals surface area contributed by atoms with E-state index in [4.69, 9.17) is 5.73 Å². The molecule has 4 N–H and O–H groups in total. The molecule has 0 spiro atoms. The van der Waals surface area contributed by atoms with Crippen LogP contribution < -0.4 is 11.1 Å². The van der Waals surface area contributed by atoms with Crippen molar-refractivity contribution in [3.8, 4) is 0 Å². The Bertz CT molecular complexity index is 562. The standard InChI is InChI=1S/C14H18N4O/c1-3-11-12(15)13(18-17-11)14(19)16-9(2)10-7-5-4-6-8-10/h4-9H,3,15H2,1-2H3,(H,16,19)(H,17,18). The fourth-order valence-electron chi connectivity index (χ4n) is 1.92. The Morgan fingerprint density at radius 2 is 2.11 bits per heavy atom. The van der Waals surface area contributed by atoms with Gasteiger partial charge in [-0.3, -0.25) is 9.89 Å². The molecule has 2 rings (SSSR count). The Labute approximate surface area is 112 Å². The first-order valence-corrected chi connectivity index (χ1v) is 6.32. The maximum absolute atomic E-state index is 12.1. The van der Waals surface area contributed by atoms with Crippen molar-refractivity contribution in [2.75, 3.05) is 5.73 Å². The van der Waals surface area contributed by atoms with Crippen LogP contribution in [-0.4, -0.2) is 16.1 Å². The topological polar surface area (TPSA) is 83.8 Å². The van der Waals surface area contributed by atoms with Crippen LogP contribution in [0.25, 0.3) is 0 Å². The monoisotopic (exact) mass is 258 g/mol. The van der Waals surface area contributed by atoms with Crippen LogP contribution in [0.2, 0.25) is 0 Å². The maximum atomic E-state index is 12.1. The van der Waals surface area contributed by atoms with Gasteiger partial charge in [0.25, 0.3) is 5.91 Å². The molecule has 1 aromatic heterocycles. The summed E-state index contributed by atoms with van der Waals surface area (Å²) in [4.78, 5) is 12.1. The number of rotatable bonds is 4. The number of H-pyrrole nitrogens is 1. The molecule has 100 valence electrons. The molecule has 1 heterocycles. The summed E-state index contributed by atoms with van der Waals surface area (Å²) in [5.74, 6) is -0.259. The summed E-state index contributed by atoms with van der Waals surface area (Å²) in [6.45, 7) is 3.88. The van der Waals surface area contributed by atoms with Crippen LogP contribution in [0.1, 0.15) is 41.6 Å². The summed E-state index contributed by atoms with van der Waals surface area (Å²) in [5.41, 5.74) is 8.40. The Balaban J connectivity index is 2.11. The molecule has 0 saturated heterocycles. The van der Waals surface area contributed by atoms with Gasteiger partial charge in [0, 0.05) is 0 Å². The van der Waals surface area contributed by atoms with E-state index in [1.165, 1.54) is 0 Å². The van der Waals surface area contributed by atoms with Crippen molar-refractivity contribution >= 4 is 11.6 Å². The summed E-state index contributed by atoms with van der Waals surface area (Å²) in [5, 5.41) is 9.64. The number of hydrogen-bond donors (Lipinski definition) is 3. The van der Waals surface area contributed by atoms with E-state index in [-0.39, 0.29) is 17.6 Å². The zero-order chi connectivity index (χ0) is 13.8. The highest BCUT2D eigenvalue weighted by Gasteiger charge is 2.18. The van der Waals surface area contributed by atoms with Crippen molar-refractivity contribution in [1.29, 1.82) is 0 Å². The van der Waals surface area contributed by atoms with Crippen LogP contribution in [0.4, 0.5) is 5.69 Å². The first-order chi connectivity index (χ1) is 9.13. The molecule has 0 aliphatic carbocycles. The van der Waals surface area contributed by atoms with Crippen LogP contribution in [0.3, 0.4) is 0 Å². The smallest absolute Gasteiger partial charge is 0.274 e. The van der Waals surface area contributed by atoms with Crippen LogP contribution in [0.15, 0.2) is 30.3 Å². The zero-order valence-electron chi connectivity index (χ0n) is 11.1. The second-order valence-electron chi connectivity index (χ2n) is 4.42. The predicted octanol–water partition coefficient (Wildman–Crippen LogP) is 2.05. The number of nitrogens with zero attached hydrogens (tertiary/aromatic N) is 1. The van der Waals surface area contributed by atoms with Gasteiger partial charge in [-0.25, -0.2) is 0 Å². The third kappa shape index (κ3) is 2.76. The minimum Gasteiger partial charge on any atom is -0.395 e. The lowest BCUT2D eigenvalue weighted by Gasteiger charge is -2.13. The predicted molar refractivity (Wildman–Crippen MR) is 74.7 cm³/mol. The van der Waals surface area contributed by atoms with E-state index in [1.54, 1.807) is 0 Å². The lowest BCUT2D eigenvalue weighted by molar-refractivity contribution is 0.0935. The largest absolute Gasteiger partial charge is 0.395 e. The van der Waals surface area contributed by atoms with E-state index >= 15 is 0 Å². The van der Waals surface area contributed by atoms with Gasteiger partial charge in [-0.05, 0) is 18.9 Å². The SMILES string of the molecule is CCc1[nH]nc(C(=O)NC(C)c2ccccc2)c1N. The normalized spacial score (nSPS) is 12.1. The van der Waals surface area contributed by atoms with Crippen LogP contribution >= 0.6 is 0 Å². The Hall–Kier alpha value is -2.30. The van der Waals surface area contributed by atoms with Crippen LogP contribution in [0, 0.1) is 0 Å². The molecule has 5 nitrogen and oxygen atoms in total. The Kier molecular flexibility index (Phi) is 3.85. The minimum absolute atomic E-state index is 0.0881. The number of aromatic amines is 1. The number of nitrogen functional groups attached to an aromatic ring is 1. The van der Waals surface area contributed by atoms with Crippen molar-refractivity contribution in [3.05, 3.63) is 47.3 Å². The summed E-state index contributed by atoms with van der Waals surface area (Å²) in [6.07, 6.45) is 0.723. The first kappa shape index (κ1) is 13.1. The molecule has 5 heteroatoms. The van der Waals surface area contributed by atoms with Crippen molar-refractivity contribution in [2.45, 2.75) is 26.3 Å². The van der Waals surface area contributed by atoms with Crippen molar-refractivity contribution in [2.24, 2.45) is 0 Å². The number of carbonyl (C=O) groups excluding carboxylic acids is 1. The molecule has 0 aliphatic heterocycles. The number of aryl methyl sites for hydroxylation is 1. The number of hydrogen-bond acceptors (Lipinski definition) is 3. The highest BCUT2D eigenvalue weighted by Crippen LogP contribution is 2.16. The number of anilines is 1. The Morgan fingerprint density at radius 3 is 2.68 bits per heavy atom. The molecule has 2 aromatic rings. The third-order valence-electron chi connectivity index (χ3n) is 3.10. The minimum atomic E-state index is -0.259. The molecule has 0 radical (unpaired) electrons. The van der Waals surface area contributed by atoms with Gasteiger partial charge in [-0.1, -0.05) is 37.3 Å². The molecule has 1 atom stereocenters. The molecule has 1 amide bonds. The number of amides is 1. The van der Waals surface area contributed by atoms with E-state index in [1.807, 2.05) is 44.2 Å². The summed E-state index contributed by atoms with van der Waals surface area (Å²) >= 11 is 0. The van der Waals surface area contributed by atoms with Crippen LogP contribution in [0.5, 0.6) is 0 Å². The summed E-state index contributed by atoms with van der Waals surface area (Å²) < 4.78 is 0. The van der Waals surface area contributed by atoms with Gasteiger partial charge in [0.05, 0.1) is 17.4 Å². The molecule has 0 saturated carbocycles. The van der Waals surface area contributed by atoms with Gasteiger partial charge in [-0.15, -0.1) is 0 Å². The van der Waals surface area contributed by atoms with E-state index in [0.29, 0.717) is 5.69 Å². The summed E-state index contributed by atoms with van der Waals surface area (Å²) in [6, 6.07) is 9.67. The van der Waals surface area contributed by atoms with Gasteiger partial charge >= 0.3 is 0 Å². The highest BCUT2D eigenvalue weighted by atomic mass is 16.2. The Morgan fingerprint density at radius 1 is 1.42 bits per heavy atom. The lowest BCUT2D eigenvalue weighted by Crippen LogP contribution is -2.27. The molecule has 1 aromatic carbocycles. The van der Waals surface area contributed by atoms with Gasteiger partial charge in [0.1, 0.15) is 0 Å². The molecule has 0 bridgehead atoms. The summed E-state index contributed by atoms with van der Waals surface area (Å²) in [7, 11) is 0. The van der Waals surface area contributed by atoms with Gasteiger partial charge in [0.15, 0.2) is 5.69 Å². The second kappa shape index (κ2) is 5.56. The number of nitrogens with one attached hydrogen (secondary N) is 2. The van der Waals surface area contributed by atoms with E-state index in [9.17, 15) is 4.79 Å². The van der Waals surface area contributed by atoms with E-state index in [2.05, 4.69) is 15.5 Å². The molecular formula is C14H18N4O. The highest BCUT2D eigenvalue weighted by molar-refractivity contribution is 5.97. The number of nitrogens with two attached hydrogens (primary N) is 1. The molecule has 1 unspecified atom stereocenters. The van der Waals surface area contributed by atoms with Crippen molar-refractivity contribution in [3.63, 3.8) is 0 Å². The molecule has 0 aliphatic rings. The number of aromatic nitrogens is 2. The number of benzene rings is 1. The average molecular weight is 258 g/mol. The fourth-order valence-corrected chi connectivity index (χ4v) is 1.92. The van der Waals surface area contributed by atoms with Crippen LogP contribution in [-0.2, 0) is 6.42 Å². The third-order valence-corrected chi connectivity index (χ3v) is 3.10. The first-order valence-electron chi connectivity index (χ1n) is 6.32. The van der Waals surface area contributed by atoms with Crippen molar-refractivity contribution < 1.29 is 4.79 Å². The second-order valence-corrected chi connectivity index (χ2v) is 4.42. The maximum Gasteiger partial charge on any atom is 0.274 e. The van der Waals surface area contributed by atoms with E-state index < -0.39 is 0 Å². The molecule has 0 fully saturated rings. The van der Waals surface area contributed by atoms with Gasteiger partial charge < -0.3 is 11.1 Å². The zero-order valence-corrected chi connectivity index (χ0v) is 11.1. The number of carbonyl (C=O) groups is 1. The van der Waals surface area contributed by atoms with E-state index in [0.717, 1.165) is 17.7 Å². The van der Waals surface area contributed by atoms with Gasteiger partial charge in [-0.2, -0.15) is 5.10 Å². The lowest BCUT2D eigenvalue weighted by atomic mass is 10.1. The molecule has 19 heavy (non-hydrogen) atoms. The quantitative estimate of drug-likeness (QED) is 0.784. The van der Waals surface area contributed by atoms with Gasteiger partial charge in [0.2, 0.25) is 0 Å². The fraction of sp³-hybridized carbons (Fsp3) is 0.286.